The average Bonchev–Trinajstić information content (AvgIpc) is 2.84. The fraction of sp³-hybridized carbons (Fsp3) is 0.0667. The number of carbonyl (C=O) groups is 1. The number of hydrogen-bond acceptors (Lipinski definition) is 2. The molecule has 0 radical (unpaired) electrons. The second-order valence-electron chi connectivity index (χ2n) is 4.55. The Hall–Kier alpha value is -1.46. The topological polar surface area (TPSA) is 45.8 Å². The molecule has 1 N–H and O–H groups in total. The molecule has 0 aliphatic rings. The first-order valence-corrected chi connectivity index (χ1v) is 7.58. The van der Waals surface area contributed by atoms with Gasteiger partial charge < -0.3 is 4.98 Å². The SMILES string of the molecule is Cc1cc(C(=O)c2c[nH]c3ncc(Br)cc23)ccc1Br. The number of aryl methyl sites for hydroxylation is 1. The van der Waals surface area contributed by atoms with Crippen molar-refractivity contribution in [1.29, 1.82) is 0 Å². The Morgan fingerprint density at radius 3 is 2.80 bits per heavy atom. The summed E-state index contributed by atoms with van der Waals surface area (Å²) in [4.78, 5) is 19.9. The van der Waals surface area contributed by atoms with Crippen LogP contribution in [0.4, 0.5) is 0 Å². The van der Waals surface area contributed by atoms with Crippen LogP contribution in [0.5, 0.6) is 0 Å². The number of pyridine rings is 1. The van der Waals surface area contributed by atoms with Gasteiger partial charge in [-0.25, -0.2) is 4.98 Å². The lowest BCUT2D eigenvalue weighted by Gasteiger charge is -2.03. The summed E-state index contributed by atoms with van der Waals surface area (Å²) >= 11 is 6.83. The number of ketones is 1. The van der Waals surface area contributed by atoms with Crippen LogP contribution in [0.25, 0.3) is 11.0 Å². The van der Waals surface area contributed by atoms with E-state index in [9.17, 15) is 4.79 Å². The maximum absolute atomic E-state index is 12.6. The zero-order valence-corrected chi connectivity index (χ0v) is 13.7. The van der Waals surface area contributed by atoms with Crippen LogP contribution in [-0.2, 0) is 0 Å². The highest BCUT2D eigenvalue weighted by molar-refractivity contribution is 9.10. The van der Waals surface area contributed by atoms with Crippen LogP contribution in [-0.4, -0.2) is 15.8 Å². The Morgan fingerprint density at radius 2 is 2.05 bits per heavy atom. The number of hydrogen-bond donors (Lipinski definition) is 1. The largest absolute Gasteiger partial charge is 0.345 e. The van der Waals surface area contributed by atoms with E-state index in [1.165, 1.54) is 0 Å². The van der Waals surface area contributed by atoms with E-state index in [0.29, 0.717) is 16.8 Å². The first-order chi connectivity index (χ1) is 9.56. The lowest BCUT2D eigenvalue weighted by atomic mass is 10.0. The molecule has 5 heteroatoms. The number of carbonyl (C=O) groups excluding carboxylic acids is 1. The third-order valence-electron chi connectivity index (χ3n) is 3.16. The van der Waals surface area contributed by atoms with Crippen LogP contribution in [0.3, 0.4) is 0 Å². The number of aromatic amines is 1. The van der Waals surface area contributed by atoms with E-state index in [1.54, 1.807) is 12.4 Å². The van der Waals surface area contributed by atoms with Crippen LogP contribution >= 0.6 is 31.9 Å². The number of H-pyrrole nitrogens is 1. The predicted molar refractivity (Wildman–Crippen MR) is 86.1 cm³/mol. The average molecular weight is 394 g/mol. The number of nitrogens with zero attached hydrogens (tertiary/aromatic N) is 1. The van der Waals surface area contributed by atoms with Crippen LogP contribution < -0.4 is 0 Å². The molecule has 2 aromatic heterocycles. The van der Waals surface area contributed by atoms with E-state index < -0.39 is 0 Å². The molecule has 0 unspecified atom stereocenters. The van der Waals surface area contributed by atoms with Gasteiger partial charge in [0.25, 0.3) is 0 Å². The molecule has 0 fully saturated rings. The van der Waals surface area contributed by atoms with Crippen molar-refractivity contribution < 1.29 is 4.79 Å². The van der Waals surface area contributed by atoms with E-state index >= 15 is 0 Å². The van der Waals surface area contributed by atoms with Crippen LogP contribution in [0.15, 0.2) is 45.6 Å². The van der Waals surface area contributed by atoms with Crippen molar-refractivity contribution in [3.63, 3.8) is 0 Å². The quantitative estimate of drug-likeness (QED) is 0.645. The van der Waals surface area contributed by atoms with E-state index in [-0.39, 0.29) is 5.78 Å². The first kappa shape index (κ1) is 13.5. The molecule has 2 heterocycles. The molecule has 0 aliphatic heterocycles. The van der Waals surface area contributed by atoms with Crippen LogP contribution in [0, 0.1) is 6.92 Å². The van der Waals surface area contributed by atoms with Crippen LogP contribution in [0.2, 0.25) is 0 Å². The minimum atomic E-state index is -0.00764. The monoisotopic (exact) mass is 392 g/mol. The molecular formula is C15H10Br2N2O. The van der Waals surface area contributed by atoms with Gasteiger partial charge in [-0.05, 0) is 52.7 Å². The molecule has 1 aromatic carbocycles. The van der Waals surface area contributed by atoms with Gasteiger partial charge >= 0.3 is 0 Å². The lowest BCUT2D eigenvalue weighted by molar-refractivity contribution is 0.104. The Kier molecular flexibility index (Phi) is 3.48. The molecule has 0 amide bonds. The summed E-state index contributed by atoms with van der Waals surface area (Å²) in [6.07, 6.45) is 3.42. The lowest BCUT2D eigenvalue weighted by Crippen LogP contribution is -2.01. The van der Waals surface area contributed by atoms with Crippen molar-refractivity contribution >= 4 is 48.7 Å². The van der Waals surface area contributed by atoms with Gasteiger partial charge in [-0.1, -0.05) is 15.9 Å². The molecule has 3 rings (SSSR count). The molecule has 100 valence electrons. The van der Waals surface area contributed by atoms with Gasteiger partial charge in [0, 0.05) is 37.9 Å². The standard InChI is InChI=1S/C15H10Br2N2O/c1-8-4-9(2-3-13(8)17)14(20)12-7-19-15-11(12)5-10(16)6-18-15/h2-7H,1H3,(H,18,19). The Labute approximate surface area is 132 Å². The van der Waals surface area contributed by atoms with Gasteiger partial charge in [0.05, 0.1) is 0 Å². The third-order valence-corrected chi connectivity index (χ3v) is 4.49. The Bertz CT molecular complexity index is 824. The summed E-state index contributed by atoms with van der Waals surface area (Å²) in [5, 5.41) is 0.824. The second kappa shape index (κ2) is 5.14. The summed E-state index contributed by atoms with van der Waals surface area (Å²) in [6, 6.07) is 7.50. The summed E-state index contributed by atoms with van der Waals surface area (Å²) in [6.45, 7) is 1.97. The van der Waals surface area contributed by atoms with Gasteiger partial charge in [-0.3, -0.25) is 4.79 Å². The number of aromatic nitrogens is 2. The number of rotatable bonds is 2. The molecule has 20 heavy (non-hydrogen) atoms. The van der Waals surface area contributed by atoms with Crippen molar-refractivity contribution in [3.8, 4) is 0 Å². The number of nitrogens with one attached hydrogen (secondary N) is 1. The molecule has 0 atom stereocenters. The zero-order valence-electron chi connectivity index (χ0n) is 10.6. The molecule has 0 saturated carbocycles. The second-order valence-corrected chi connectivity index (χ2v) is 6.32. The molecule has 0 bridgehead atoms. The van der Waals surface area contributed by atoms with Crippen LogP contribution in [0.1, 0.15) is 21.5 Å². The highest BCUT2D eigenvalue weighted by atomic mass is 79.9. The molecular weight excluding hydrogens is 384 g/mol. The summed E-state index contributed by atoms with van der Waals surface area (Å²) in [5.41, 5.74) is 3.06. The van der Waals surface area contributed by atoms with E-state index in [0.717, 1.165) is 19.9 Å². The maximum Gasteiger partial charge on any atom is 0.195 e. The smallest absolute Gasteiger partial charge is 0.195 e. The predicted octanol–water partition coefficient (Wildman–Crippen LogP) is 4.63. The molecule has 3 aromatic rings. The summed E-state index contributed by atoms with van der Waals surface area (Å²) in [5.74, 6) is -0.00764. The first-order valence-electron chi connectivity index (χ1n) is 6.00. The van der Waals surface area contributed by atoms with Crippen molar-refractivity contribution in [2.24, 2.45) is 0 Å². The van der Waals surface area contributed by atoms with Gasteiger partial charge in [-0.15, -0.1) is 0 Å². The maximum atomic E-state index is 12.6. The molecule has 0 saturated heterocycles. The van der Waals surface area contributed by atoms with E-state index in [1.807, 2.05) is 31.2 Å². The van der Waals surface area contributed by atoms with E-state index in [2.05, 4.69) is 41.8 Å². The fourth-order valence-electron chi connectivity index (χ4n) is 2.11. The number of benzene rings is 1. The van der Waals surface area contributed by atoms with Gasteiger partial charge in [-0.2, -0.15) is 0 Å². The van der Waals surface area contributed by atoms with Gasteiger partial charge in [0.2, 0.25) is 0 Å². The Morgan fingerprint density at radius 1 is 1.25 bits per heavy atom. The molecule has 0 aliphatic carbocycles. The summed E-state index contributed by atoms with van der Waals surface area (Å²) < 4.78 is 1.85. The van der Waals surface area contributed by atoms with Crippen molar-refractivity contribution in [1.82, 2.24) is 9.97 Å². The number of halogens is 2. The Balaban J connectivity index is 2.12. The van der Waals surface area contributed by atoms with Crippen molar-refractivity contribution in [2.75, 3.05) is 0 Å². The highest BCUT2D eigenvalue weighted by Crippen LogP contribution is 2.24. The van der Waals surface area contributed by atoms with Gasteiger partial charge in [0.1, 0.15) is 5.65 Å². The van der Waals surface area contributed by atoms with Crippen molar-refractivity contribution in [2.45, 2.75) is 6.92 Å². The zero-order chi connectivity index (χ0) is 14.3. The minimum Gasteiger partial charge on any atom is -0.345 e. The third kappa shape index (κ3) is 2.31. The van der Waals surface area contributed by atoms with E-state index in [4.69, 9.17) is 0 Å². The minimum absolute atomic E-state index is 0.00764. The fourth-order valence-corrected chi connectivity index (χ4v) is 2.69. The highest BCUT2D eigenvalue weighted by Gasteiger charge is 2.15. The summed E-state index contributed by atoms with van der Waals surface area (Å²) in [7, 11) is 0. The van der Waals surface area contributed by atoms with Crippen molar-refractivity contribution in [3.05, 3.63) is 62.3 Å². The molecule has 0 spiro atoms. The molecule has 3 nitrogen and oxygen atoms in total. The van der Waals surface area contributed by atoms with Gasteiger partial charge in [0.15, 0.2) is 5.78 Å². The normalized spacial score (nSPS) is 10.9. The number of fused-ring (bicyclic) bond motifs is 1.